The molecule has 0 aliphatic heterocycles. The van der Waals surface area contributed by atoms with Crippen LogP contribution in [0.5, 0.6) is 0 Å². The number of carbonyl (C=O) groups is 1. The third-order valence-electron chi connectivity index (χ3n) is 3.83. The number of carbonyl (C=O) groups excluding carboxylic acids is 1. The molecule has 0 spiro atoms. The third-order valence-corrected chi connectivity index (χ3v) is 5.72. The van der Waals surface area contributed by atoms with Gasteiger partial charge in [-0.05, 0) is 30.5 Å². The van der Waals surface area contributed by atoms with Crippen molar-refractivity contribution in [2.75, 3.05) is 7.05 Å². The topological polar surface area (TPSA) is 92.1 Å². The average Bonchev–Trinajstić information content (AvgIpc) is 3.34. The van der Waals surface area contributed by atoms with Crippen LogP contribution in [0.3, 0.4) is 0 Å². The maximum absolute atomic E-state index is 12.8. The van der Waals surface area contributed by atoms with Gasteiger partial charge in [-0.2, -0.15) is 0 Å². The highest BCUT2D eigenvalue weighted by molar-refractivity contribution is 7.17. The van der Waals surface area contributed by atoms with Crippen molar-refractivity contribution in [3.8, 4) is 10.8 Å². The van der Waals surface area contributed by atoms with Gasteiger partial charge in [0.1, 0.15) is 16.2 Å². The summed E-state index contributed by atoms with van der Waals surface area (Å²) in [6.45, 7) is 2.04. The van der Waals surface area contributed by atoms with E-state index in [2.05, 4.69) is 15.0 Å². The Balaban J connectivity index is 1.58. The molecular weight excluding hydrogens is 372 g/mol. The monoisotopic (exact) mass is 386 g/mol. The van der Waals surface area contributed by atoms with Gasteiger partial charge in [-0.25, -0.2) is 9.97 Å². The van der Waals surface area contributed by atoms with Crippen LogP contribution in [0, 0.1) is 6.92 Å². The molecule has 0 aliphatic carbocycles. The van der Waals surface area contributed by atoms with Gasteiger partial charge in [-0.1, -0.05) is 0 Å². The molecule has 132 valence electrons. The predicted octanol–water partition coefficient (Wildman–Crippen LogP) is 3.28. The first-order valence-corrected chi connectivity index (χ1v) is 9.45. The fourth-order valence-electron chi connectivity index (χ4n) is 2.57. The minimum atomic E-state index is -0.232. The third kappa shape index (κ3) is 2.95. The molecule has 0 unspecified atom stereocenters. The zero-order valence-electron chi connectivity index (χ0n) is 14.0. The van der Waals surface area contributed by atoms with E-state index >= 15 is 0 Å². The number of thiazole rings is 1. The summed E-state index contributed by atoms with van der Waals surface area (Å²) in [6, 6.07) is 5.38. The number of fused-ring (bicyclic) bond motifs is 1. The summed E-state index contributed by atoms with van der Waals surface area (Å²) >= 11 is 2.75. The lowest BCUT2D eigenvalue weighted by Crippen LogP contribution is -2.29. The van der Waals surface area contributed by atoms with Crippen LogP contribution in [0.25, 0.3) is 21.0 Å². The van der Waals surface area contributed by atoms with Crippen molar-refractivity contribution in [1.29, 1.82) is 0 Å². The minimum Gasteiger partial charge on any atom is -0.462 e. The molecule has 9 heteroatoms. The number of amides is 1. The van der Waals surface area contributed by atoms with Gasteiger partial charge < -0.3 is 14.3 Å². The molecular formula is C17H14N4O3S2. The minimum absolute atomic E-state index is 0.187. The molecule has 4 aromatic rings. The van der Waals surface area contributed by atoms with E-state index in [1.54, 1.807) is 31.5 Å². The first-order chi connectivity index (χ1) is 12.5. The summed E-state index contributed by atoms with van der Waals surface area (Å²) in [5, 5.41) is 2.48. The van der Waals surface area contributed by atoms with Crippen molar-refractivity contribution in [2.45, 2.75) is 13.5 Å². The second-order valence-electron chi connectivity index (χ2n) is 5.71. The quantitative estimate of drug-likeness (QED) is 0.581. The number of aromatic nitrogens is 3. The van der Waals surface area contributed by atoms with Crippen LogP contribution in [0.2, 0.25) is 0 Å². The number of aryl methyl sites for hydroxylation is 1. The molecule has 4 heterocycles. The molecule has 0 aromatic carbocycles. The van der Waals surface area contributed by atoms with Crippen LogP contribution in [-0.4, -0.2) is 32.8 Å². The van der Waals surface area contributed by atoms with Gasteiger partial charge >= 0.3 is 0 Å². The number of H-pyrrole nitrogens is 1. The molecule has 1 amide bonds. The first kappa shape index (κ1) is 16.7. The molecule has 0 bridgehead atoms. The fraction of sp³-hybridized carbons (Fsp3) is 0.176. The van der Waals surface area contributed by atoms with Crippen LogP contribution in [0.15, 0.2) is 39.1 Å². The lowest BCUT2D eigenvalue weighted by Gasteiger charge is -2.15. The molecule has 0 saturated heterocycles. The lowest BCUT2D eigenvalue weighted by molar-refractivity contribution is 0.0776. The molecule has 7 nitrogen and oxygen atoms in total. The molecule has 4 rings (SSSR count). The fourth-order valence-corrected chi connectivity index (χ4v) is 4.17. The summed E-state index contributed by atoms with van der Waals surface area (Å²) in [7, 11) is 1.66. The van der Waals surface area contributed by atoms with Gasteiger partial charge in [-0.15, -0.1) is 22.7 Å². The van der Waals surface area contributed by atoms with Crippen molar-refractivity contribution in [2.24, 2.45) is 0 Å². The molecule has 4 aromatic heterocycles. The highest BCUT2D eigenvalue weighted by Crippen LogP contribution is 2.28. The summed E-state index contributed by atoms with van der Waals surface area (Å²) in [5.41, 5.74) is 0.827. The molecule has 0 saturated carbocycles. The van der Waals surface area contributed by atoms with E-state index in [0.717, 1.165) is 4.88 Å². The maximum atomic E-state index is 12.8. The van der Waals surface area contributed by atoms with E-state index in [-0.39, 0.29) is 18.0 Å². The number of thiophene rings is 1. The van der Waals surface area contributed by atoms with Crippen LogP contribution in [-0.2, 0) is 6.54 Å². The second-order valence-corrected chi connectivity index (χ2v) is 7.83. The molecule has 0 radical (unpaired) electrons. The van der Waals surface area contributed by atoms with E-state index in [1.807, 2.05) is 12.3 Å². The Kier molecular flexibility index (Phi) is 4.17. The van der Waals surface area contributed by atoms with Crippen LogP contribution in [0.1, 0.15) is 21.2 Å². The number of hydrogen-bond donors (Lipinski definition) is 1. The summed E-state index contributed by atoms with van der Waals surface area (Å²) in [5.74, 6) is 0.842. The average molecular weight is 386 g/mol. The normalized spacial score (nSPS) is 11.2. The summed E-state index contributed by atoms with van der Waals surface area (Å²) < 4.78 is 5.93. The Morgan fingerprint density at radius 2 is 2.19 bits per heavy atom. The van der Waals surface area contributed by atoms with Crippen molar-refractivity contribution < 1.29 is 9.21 Å². The SMILES string of the molecule is Cc1sc(-c2ccco2)nc1C(=O)N(C)Cc1nc2ccsc2c(=O)[nH]1. The van der Waals surface area contributed by atoms with Gasteiger partial charge in [0.2, 0.25) is 0 Å². The smallest absolute Gasteiger partial charge is 0.273 e. The summed E-state index contributed by atoms with van der Waals surface area (Å²) in [4.78, 5) is 38.7. The molecule has 26 heavy (non-hydrogen) atoms. The molecule has 0 fully saturated rings. The van der Waals surface area contributed by atoms with Gasteiger partial charge in [0.15, 0.2) is 10.8 Å². The zero-order chi connectivity index (χ0) is 18.3. The Hall–Kier alpha value is -2.78. The van der Waals surface area contributed by atoms with E-state index in [4.69, 9.17) is 4.42 Å². The zero-order valence-corrected chi connectivity index (χ0v) is 15.6. The standard InChI is InChI=1S/C17H14N4O3S2/c1-9-13(20-16(26-9)11-4-3-6-24-11)17(23)21(2)8-12-18-10-5-7-25-14(10)15(22)19-12/h3-7H,8H2,1-2H3,(H,18,19,22). The molecule has 0 atom stereocenters. The number of aromatic amines is 1. The Morgan fingerprint density at radius 3 is 2.96 bits per heavy atom. The number of nitrogens with one attached hydrogen (secondary N) is 1. The number of nitrogens with zero attached hydrogens (tertiary/aromatic N) is 3. The van der Waals surface area contributed by atoms with Crippen LogP contribution in [0.4, 0.5) is 0 Å². The van der Waals surface area contributed by atoms with Crippen molar-refractivity contribution >= 4 is 38.8 Å². The second kappa shape index (κ2) is 6.50. The van der Waals surface area contributed by atoms with Gasteiger partial charge in [0.05, 0.1) is 18.3 Å². The van der Waals surface area contributed by atoms with Crippen LogP contribution >= 0.6 is 22.7 Å². The van der Waals surface area contributed by atoms with Crippen LogP contribution < -0.4 is 5.56 Å². The van der Waals surface area contributed by atoms with E-state index in [1.165, 1.54) is 27.6 Å². The lowest BCUT2D eigenvalue weighted by atomic mass is 10.3. The van der Waals surface area contributed by atoms with Crippen molar-refractivity contribution in [3.63, 3.8) is 0 Å². The van der Waals surface area contributed by atoms with Gasteiger partial charge in [0, 0.05) is 11.9 Å². The number of rotatable bonds is 4. The van der Waals surface area contributed by atoms with E-state index in [0.29, 0.717) is 32.5 Å². The van der Waals surface area contributed by atoms with Gasteiger partial charge in [0.25, 0.3) is 11.5 Å². The molecule has 0 aliphatic rings. The van der Waals surface area contributed by atoms with E-state index < -0.39 is 0 Å². The van der Waals surface area contributed by atoms with Gasteiger partial charge in [-0.3, -0.25) is 9.59 Å². The Bertz CT molecular complexity index is 1140. The van der Waals surface area contributed by atoms with Crippen molar-refractivity contribution in [1.82, 2.24) is 19.9 Å². The van der Waals surface area contributed by atoms with Crippen molar-refractivity contribution in [3.05, 3.63) is 56.6 Å². The number of hydrogen-bond acceptors (Lipinski definition) is 7. The number of furan rings is 1. The first-order valence-electron chi connectivity index (χ1n) is 7.76. The summed E-state index contributed by atoms with van der Waals surface area (Å²) in [6.07, 6.45) is 1.57. The highest BCUT2D eigenvalue weighted by atomic mass is 32.1. The Labute approximate surface area is 156 Å². The largest absolute Gasteiger partial charge is 0.462 e. The predicted molar refractivity (Wildman–Crippen MR) is 101 cm³/mol. The maximum Gasteiger partial charge on any atom is 0.273 e. The Morgan fingerprint density at radius 1 is 1.35 bits per heavy atom. The van der Waals surface area contributed by atoms with E-state index in [9.17, 15) is 9.59 Å². The molecule has 1 N–H and O–H groups in total. The highest BCUT2D eigenvalue weighted by Gasteiger charge is 2.21.